The summed E-state index contributed by atoms with van der Waals surface area (Å²) in [5.41, 5.74) is 5.62. The number of aliphatic hydroxyl groups is 3. The zero-order valence-electron chi connectivity index (χ0n) is 9.23. The van der Waals surface area contributed by atoms with Crippen LogP contribution in [0.5, 0.6) is 0 Å². The average Bonchev–Trinajstić information content (AvgIpc) is 2.57. The molecule has 0 aliphatic carbocycles. The Bertz CT molecular complexity index is 336. The van der Waals surface area contributed by atoms with Crippen LogP contribution in [0, 0.1) is 0 Å². The second kappa shape index (κ2) is 4.63. The fourth-order valence-corrected chi connectivity index (χ4v) is 1.94. The van der Waals surface area contributed by atoms with Gasteiger partial charge in [0.15, 0.2) is 6.23 Å². The smallest absolute Gasteiger partial charge is 0.164 e. The zero-order valence-corrected chi connectivity index (χ0v) is 9.23. The van der Waals surface area contributed by atoms with Crippen LogP contribution in [0.2, 0.25) is 0 Å². The first-order chi connectivity index (χ1) is 8.04. The van der Waals surface area contributed by atoms with Crippen molar-refractivity contribution < 1.29 is 20.1 Å². The van der Waals surface area contributed by atoms with Crippen molar-refractivity contribution in [2.24, 2.45) is 5.73 Å². The van der Waals surface area contributed by atoms with Gasteiger partial charge in [-0.1, -0.05) is 6.58 Å². The molecule has 0 aromatic heterocycles. The van der Waals surface area contributed by atoms with E-state index < -0.39 is 24.5 Å². The van der Waals surface area contributed by atoms with E-state index in [-0.39, 0.29) is 12.8 Å². The molecule has 2 unspecified atom stereocenters. The molecule has 0 radical (unpaired) electrons. The maximum absolute atomic E-state index is 9.83. The van der Waals surface area contributed by atoms with E-state index in [1.807, 2.05) is 0 Å². The molecule has 0 aromatic rings. The predicted molar refractivity (Wildman–Crippen MR) is 59.0 cm³/mol. The third kappa shape index (κ3) is 2.15. The monoisotopic (exact) mass is 243 g/mol. The van der Waals surface area contributed by atoms with Crippen molar-refractivity contribution in [1.82, 2.24) is 10.2 Å². The van der Waals surface area contributed by atoms with Crippen LogP contribution in [-0.4, -0.2) is 57.5 Å². The van der Waals surface area contributed by atoms with Crippen molar-refractivity contribution in [3.05, 3.63) is 24.7 Å². The minimum atomic E-state index is -1.12. The van der Waals surface area contributed by atoms with Crippen LogP contribution in [-0.2, 0) is 4.74 Å². The molecule has 7 nitrogen and oxygen atoms in total. The van der Waals surface area contributed by atoms with Gasteiger partial charge in [-0.15, -0.1) is 0 Å². The van der Waals surface area contributed by atoms with Gasteiger partial charge >= 0.3 is 0 Å². The summed E-state index contributed by atoms with van der Waals surface area (Å²) < 4.78 is 5.36. The summed E-state index contributed by atoms with van der Waals surface area (Å²) in [5.74, 6) is 0.467. The predicted octanol–water partition coefficient (Wildman–Crippen LogP) is -2.40. The summed E-state index contributed by atoms with van der Waals surface area (Å²) in [5, 5.41) is 31.3. The average molecular weight is 243 g/mol. The summed E-state index contributed by atoms with van der Waals surface area (Å²) in [6.45, 7) is 3.39. The van der Waals surface area contributed by atoms with Crippen LogP contribution in [0.4, 0.5) is 0 Å². The van der Waals surface area contributed by atoms with Gasteiger partial charge in [0.1, 0.15) is 24.1 Å². The lowest BCUT2D eigenvalue weighted by Crippen LogP contribution is -2.49. The van der Waals surface area contributed by atoms with Gasteiger partial charge in [0.05, 0.1) is 12.8 Å². The molecular formula is C10H17N3O4. The quantitative estimate of drug-likeness (QED) is 0.367. The van der Waals surface area contributed by atoms with Crippen LogP contribution in [0.15, 0.2) is 24.7 Å². The van der Waals surface area contributed by atoms with E-state index in [2.05, 4.69) is 11.9 Å². The van der Waals surface area contributed by atoms with Crippen molar-refractivity contribution >= 4 is 0 Å². The van der Waals surface area contributed by atoms with E-state index >= 15 is 0 Å². The molecule has 1 saturated heterocycles. The van der Waals surface area contributed by atoms with Crippen molar-refractivity contribution in [3.63, 3.8) is 0 Å². The Morgan fingerprint density at radius 1 is 1.47 bits per heavy atom. The number of nitrogens with one attached hydrogen (secondary N) is 1. The molecule has 0 spiro atoms. The Morgan fingerprint density at radius 2 is 2.18 bits per heavy atom. The first-order valence-electron chi connectivity index (χ1n) is 5.34. The van der Waals surface area contributed by atoms with Crippen molar-refractivity contribution in [3.8, 4) is 0 Å². The van der Waals surface area contributed by atoms with Crippen LogP contribution < -0.4 is 11.1 Å². The standard InChI is InChI=1S/C10H17N3O4/c1-5-12-7(11)2-3-13(5)10-9(16)8(15)6(4-14)17-10/h2-3,6-10,12,14-16H,1,4,11H2/t6-,7?,8+,9?,10-/m1/s1. The molecule has 7 heteroatoms. The van der Waals surface area contributed by atoms with Gasteiger partial charge in [-0.2, -0.15) is 0 Å². The van der Waals surface area contributed by atoms with E-state index in [0.717, 1.165) is 0 Å². The number of ether oxygens (including phenoxy) is 1. The summed E-state index contributed by atoms with van der Waals surface area (Å²) in [7, 11) is 0. The maximum Gasteiger partial charge on any atom is 0.164 e. The van der Waals surface area contributed by atoms with Crippen molar-refractivity contribution in [2.45, 2.75) is 30.7 Å². The number of aliphatic hydroxyl groups excluding tert-OH is 3. The molecular weight excluding hydrogens is 226 g/mol. The normalized spacial score (nSPS) is 41.8. The van der Waals surface area contributed by atoms with Crippen LogP contribution in [0.1, 0.15) is 0 Å². The van der Waals surface area contributed by atoms with E-state index in [4.69, 9.17) is 15.6 Å². The van der Waals surface area contributed by atoms with E-state index in [0.29, 0.717) is 5.82 Å². The molecule has 2 aliphatic rings. The SMILES string of the molecule is C=C1NC(N)C=CN1[C@@H]1O[C@H](CO)[C@H](O)C1O. The van der Waals surface area contributed by atoms with E-state index in [1.54, 1.807) is 12.3 Å². The highest BCUT2D eigenvalue weighted by Gasteiger charge is 2.45. The summed E-state index contributed by atoms with van der Waals surface area (Å²) in [6, 6.07) is 0. The highest BCUT2D eigenvalue weighted by atomic mass is 16.6. The highest BCUT2D eigenvalue weighted by molar-refractivity contribution is 5.12. The third-order valence-corrected chi connectivity index (χ3v) is 2.89. The number of nitrogens with zero attached hydrogens (tertiary/aromatic N) is 1. The Hall–Kier alpha value is -1.12. The van der Waals surface area contributed by atoms with Gasteiger partial charge in [-0.3, -0.25) is 0 Å². The third-order valence-electron chi connectivity index (χ3n) is 2.89. The fraction of sp³-hybridized carbons (Fsp3) is 0.600. The first-order valence-corrected chi connectivity index (χ1v) is 5.34. The molecule has 6 N–H and O–H groups in total. The van der Waals surface area contributed by atoms with E-state index in [1.165, 1.54) is 4.90 Å². The lowest BCUT2D eigenvalue weighted by atomic mass is 10.1. The summed E-state index contributed by atoms with van der Waals surface area (Å²) >= 11 is 0. The van der Waals surface area contributed by atoms with Crippen LogP contribution in [0.3, 0.4) is 0 Å². The Balaban J connectivity index is 2.13. The van der Waals surface area contributed by atoms with Gasteiger partial charge in [-0.05, 0) is 6.08 Å². The van der Waals surface area contributed by atoms with Gasteiger partial charge < -0.3 is 36.0 Å². The molecule has 0 bridgehead atoms. The number of hydrogen-bond acceptors (Lipinski definition) is 7. The van der Waals surface area contributed by atoms with E-state index in [9.17, 15) is 10.2 Å². The second-order valence-corrected chi connectivity index (χ2v) is 4.09. The Labute approximate surface area is 98.8 Å². The number of nitrogens with two attached hydrogens (primary N) is 1. The van der Waals surface area contributed by atoms with Crippen molar-refractivity contribution in [2.75, 3.05) is 6.61 Å². The molecule has 1 fully saturated rings. The Morgan fingerprint density at radius 3 is 2.71 bits per heavy atom. The minimum absolute atomic E-state index is 0.337. The minimum Gasteiger partial charge on any atom is -0.394 e. The molecule has 2 heterocycles. The molecule has 2 aliphatic heterocycles. The molecule has 0 saturated carbocycles. The van der Waals surface area contributed by atoms with Gasteiger partial charge in [0, 0.05) is 6.20 Å². The summed E-state index contributed by atoms with van der Waals surface area (Å²) in [6.07, 6.45) is -0.868. The lowest BCUT2D eigenvalue weighted by molar-refractivity contribution is -0.0721. The van der Waals surface area contributed by atoms with Crippen LogP contribution in [0.25, 0.3) is 0 Å². The topological polar surface area (TPSA) is 111 Å². The van der Waals surface area contributed by atoms with Crippen LogP contribution >= 0.6 is 0 Å². The fourth-order valence-electron chi connectivity index (χ4n) is 1.94. The first kappa shape index (κ1) is 12.3. The number of rotatable bonds is 2. The second-order valence-electron chi connectivity index (χ2n) is 4.09. The lowest BCUT2D eigenvalue weighted by Gasteiger charge is -2.35. The highest BCUT2D eigenvalue weighted by Crippen LogP contribution is 2.26. The van der Waals surface area contributed by atoms with Gasteiger partial charge in [-0.25, -0.2) is 0 Å². The largest absolute Gasteiger partial charge is 0.394 e. The molecule has 17 heavy (non-hydrogen) atoms. The molecule has 5 atom stereocenters. The Kier molecular flexibility index (Phi) is 3.36. The molecule has 96 valence electrons. The zero-order chi connectivity index (χ0) is 12.6. The summed E-state index contributed by atoms with van der Waals surface area (Å²) in [4.78, 5) is 1.53. The van der Waals surface area contributed by atoms with Crippen molar-refractivity contribution in [1.29, 1.82) is 0 Å². The molecule has 0 aromatic carbocycles. The maximum atomic E-state index is 9.83. The van der Waals surface area contributed by atoms with Gasteiger partial charge in [0.25, 0.3) is 0 Å². The number of hydrogen-bond donors (Lipinski definition) is 5. The molecule has 0 amide bonds. The van der Waals surface area contributed by atoms with Gasteiger partial charge in [0.2, 0.25) is 0 Å². The molecule has 2 rings (SSSR count).